The van der Waals surface area contributed by atoms with Gasteiger partial charge in [0.15, 0.2) is 0 Å². The predicted molar refractivity (Wildman–Crippen MR) is 105 cm³/mol. The summed E-state index contributed by atoms with van der Waals surface area (Å²) in [4.78, 5) is 2.48. The Morgan fingerprint density at radius 2 is 1.89 bits per heavy atom. The number of rotatable bonds is 6. The van der Waals surface area contributed by atoms with Crippen LogP contribution in [-0.2, 0) is 6.54 Å². The van der Waals surface area contributed by atoms with E-state index in [1.807, 2.05) is 41.2 Å². The van der Waals surface area contributed by atoms with Crippen LogP contribution in [0.5, 0.6) is 11.5 Å². The third-order valence-electron chi connectivity index (χ3n) is 5.19. The molecule has 0 amide bonds. The molecule has 0 aliphatic carbocycles. The summed E-state index contributed by atoms with van der Waals surface area (Å²) >= 11 is 0. The Morgan fingerprint density at radius 3 is 2.67 bits per heavy atom. The fraction of sp³-hybridized carbons (Fsp3) is 0.318. The zero-order chi connectivity index (χ0) is 18.6. The molecule has 1 aliphatic heterocycles. The Balaban J connectivity index is 1.55. The Labute approximate surface area is 160 Å². The summed E-state index contributed by atoms with van der Waals surface area (Å²) in [6.45, 7) is 1.88. The molecule has 5 nitrogen and oxygen atoms in total. The maximum absolute atomic E-state index is 5.62. The van der Waals surface area contributed by atoms with Crippen molar-refractivity contribution in [2.45, 2.75) is 25.4 Å². The van der Waals surface area contributed by atoms with Crippen LogP contribution in [0.2, 0.25) is 0 Å². The monoisotopic (exact) mass is 363 g/mol. The van der Waals surface area contributed by atoms with Crippen molar-refractivity contribution in [3.63, 3.8) is 0 Å². The lowest BCUT2D eigenvalue weighted by Crippen LogP contribution is -2.23. The van der Waals surface area contributed by atoms with Crippen molar-refractivity contribution in [1.29, 1.82) is 0 Å². The minimum atomic E-state index is 0.317. The van der Waals surface area contributed by atoms with Crippen LogP contribution < -0.4 is 9.47 Å². The SMILES string of the molecule is COc1ccc(OC)c([C@H]2CCCN2Cc2ccn(-c3ccccc3)n2)c1. The largest absolute Gasteiger partial charge is 0.497 e. The van der Waals surface area contributed by atoms with Gasteiger partial charge in [-0.25, -0.2) is 4.68 Å². The lowest BCUT2D eigenvalue weighted by atomic mass is 10.0. The van der Waals surface area contributed by atoms with E-state index >= 15 is 0 Å². The molecule has 1 saturated heterocycles. The first kappa shape index (κ1) is 17.6. The molecule has 140 valence electrons. The molecule has 4 rings (SSSR count). The molecule has 27 heavy (non-hydrogen) atoms. The Morgan fingerprint density at radius 1 is 1.04 bits per heavy atom. The van der Waals surface area contributed by atoms with Gasteiger partial charge >= 0.3 is 0 Å². The van der Waals surface area contributed by atoms with Crippen molar-refractivity contribution in [3.05, 3.63) is 72.1 Å². The van der Waals surface area contributed by atoms with Crippen LogP contribution in [0.3, 0.4) is 0 Å². The van der Waals surface area contributed by atoms with Crippen molar-refractivity contribution < 1.29 is 9.47 Å². The fourth-order valence-corrected chi connectivity index (χ4v) is 3.85. The molecule has 5 heteroatoms. The standard InChI is InChI=1S/C22H25N3O2/c1-26-19-10-11-22(27-2)20(15-19)21-9-6-13-24(21)16-17-12-14-25(23-17)18-7-4-3-5-8-18/h3-5,7-8,10-12,14-15,21H,6,9,13,16H2,1-2H3/t21-/m1/s1. The molecule has 2 heterocycles. The Kier molecular flexibility index (Phi) is 5.12. The van der Waals surface area contributed by atoms with Crippen molar-refractivity contribution in [2.75, 3.05) is 20.8 Å². The second-order valence-corrected chi connectivity index (χ2v) is 6.82. The highest BCUT2D eigenvalue weighted by molar-refractivity contribution is 5.42. The lowest BCUT2D eigenvalue weighted by molar-refractivity contribution is 0.239. The first-order valence-corrected chi connectivity index (χ1v) is 9.34. The molecule has 0 radical (unpaired) electrons. The summed E-state index contributed by atoms with van der Waals surface area (Å²) in [6.07, 6.45) is 4.31. The second kappa shape index (κ2) is 7.84. The van der Waals surface area contributed by atoms with Gasteiger partial charge in [-0.05, 0) is 55.8 Å². The van der Waals surface area contributed by atoms with Crippen LogP contribution in [0.4, 0.5) is 0 Å². The van der Waals surface area contributed by atoms with E-state index in [1.54, 1.807) is 14.2 Å². The molecule has 0 bridgehead atoms. The topological polar surface area (TPSA) is 39.5 Å². The van der Waals surface area contributed by atoms with Gasteiger partial charge in [0.2, 0.25) is 0 Å². The van der Waals surface area contributed by atoms with Crippen LogP contribution in [0, 0.1) is 0 Å². The number of ether oxygens (including phenoxy) is 2. The van der Waals surface area contributed by atoms with Gasteiger partial charge in [-0.3, -0.25) is 4.90 Å². The molecule has 2 aromatic carbocycles. The number of hydrogen-bond acceptors (Lipinski definition) is 4. The molecule has 0 N–H and O–H groups in total. The third-order valence-corrected chi connectivity index (χ3v) is 5.19. The minimum absolute atomic E-state index is 0.317. The number of nitrogens with zero attached hydrogens (tertiary/aromatic N) is 3. The van der Waals surface area contributed by atoms with Crippen LogP contribution in [0.15, 0.2) is 60.8 Å². The molecule has 1 aliphatic rings. The van der Waals surface area contributed by atoms with Gasteiger partial charge in [0.1, 0.15) is 11.5 Å². The molecule has 3 aromatic rings. The van der Waals surface area contributed by atoms with Crippen LogP contribution >= 0.6 is 0 Å². The molecular formula is C22H25N3O2. The van der Waals surface area contributed by atoms with E-state index in [0.717, 1.165) is 42.4 Å². The van der Waals surface area contributed by atoms with Crippen molar-refractivity contribution in [3.8, 4) is 17.2 Å². The highest BCUT2D eigenvalue weighted by atomic mass is 16.5. The normalized spacial score (nSPS) is 17.2. The van der Waals surface area contributed by atoms with E-state index < -0.39 is 0 Å². The zero-order valence-corrected chi connectivity index (χ0v) is 15.8. The number of likely N-dealkylation sites (tertiary alicyclic amines) is 1. The van der Waals surface area contributed by atoms with Gasteiger partial charge in [-0.15, -0.1) is 0 Å². The molecule has 0 unspecified atom stereocenters. The van der Waals surface area contributed by atoms with E-state index in [4.69, 9.17) is 14.6 Å². The average Bonchev–Trinajstić information content (AvgIpc) is 3.38. The smallest absolute Gasteiger partial charge is 0.123 e. The van der Waals surface area contributed by atoms with E-state index in [0.29, 0.717) is 6.04 Å². The predicted octanol–water partition coefficient (Wildman–Crippen LogP) is 4.23. The van der Waals surface area contributed by atoms with Gasteiger partial charge in [0.25, 0.3) is 0 Å². The molecule has 1 atom stereocenters. The van der Waals surface area contributed by atoms with Crippen LogP contribution in [0.25, 0.3) is 5.69 Å². The van der Waals surface area contributed by atoms with Gasteiger partial charge in [0, 0.05) is 24.3 Å². The second-order valence-electron chi connectivity index (χ2n) is 6.82. The summed E-state index contributed by atoms with van der Waals surface area (Å²) in [5.74, 6) is 1.79. The maximum atomic E-state index is 5.62. The zero-order valence-electron chi connectivity index (χ0n) is 15.8. The van der Waals surface area contributed by atoms with Gasteiger partial charge < -0.3 is 9.47 Å². The number of benzene rings is 2. The summed E-state index contributed by atoms with van der Waals surface area (Å²) in [5, 5.41) is 4.77. The van der Waals surface area contributed by atoms with Crippen LogP contribution in [-0.4, -0.2) is 35.4 Å². The fourth-order valence-electron chi connectivity index (χ4n) is 3.85. The minimum Gasteiger partial charge on any atom is -0.497 e. The number of methoxy groups -OCH3 is 2. The van der Waals surface area contributed by atoms with Crippen molar-refractivity contribution in [2.24, 2.45) is 0 Å². The summed E-state index contributed by atoms with van der Waals surface area (Å²) in [6, 6.07) is 18.7. The maximum Gasteiger partial charge on any atom is 0.123 e. The van der Waals surface area contributed by atoms with E-state index in [2.05, 4.69) is 29.2 Å². The lowest BCUT2D eigenvalue weighted by Gasteiger charge is -2.25. The quantitative estimate of drug-likeness (QED) is 0.657. The number of aromatic nitrogens is 2. The molecule has 0 spiro atoms. The first-order valence-electron chi connectivity index (χ1n) is 9.34. The van der Waals surface area contributed by atoms with Gasteiger partial charge in [-0.2, -0.15) is 5.10 Å². The number of hydrogen-bond donors (Lipinski definition) is 0. The average molecular weight is 363 g/mol. The third kappa shape index (κ3) is 3.69. The summed E-state index contributed by atoms with van der Waals surface area (Å²) < 4.78 is 13.0. The molecule has 1 aromatic heterocycles. The highest BCUT2D eigenvalue weighted by Crippen LogP contribution is 2.39. The molecular weight excluding hydrogens is 338 g/mol. The summed E-state index contributed by atoms with van der Waals surface area (Å²) in [5.41, 5.74) is 3.35. The Bertz CT molecular complexity index is 892. The van der Waals surface area contributed by atoms with E-state index in [9.17, 15) is 0 Å². The molecule has 1 fully saturated rings. The molecule has 0 saturated carbocycles. The van der Waals surface area contributed by atoms with Crippen LogP contribution in [0.1, 0.15) is 30.1 Å². The number of para-hydroxylation sites is 1. The van der Waals surface area contributed by atoms with E-state index in [-0.39, 0.29) is 0 Å². The summed E-state index contributed by atoms with van der Waals surface area (Å²) in [7, 11) is 3.43. The van der Waals surface area contributed by atoms with Gasteiger partial charge in [-0.1, -0.05) is 18.2 Å². The van der Waals surface area contributed by atoms with Gasteiger partial charge in [0.05, 0.1) is 25.6 Å². The Hall–Kier alpha value is -2.79. The highest BCUT2D eigenvalue weighted by Gasteiger charge is 2.29. The van der Waals surface area contributed by atoms with Crippen molar-refractivity contribution >= 4 is 0 Å². The van der Waals surface area contributed by atoms with E-state index in [1.165, 1.54) is 12.0 Å². The first-order chi connectivity index (χ1) is 13.3. The van der Waals surface area contributed by atoms with Crippen molar-refractivity contribution in [1.82, 2.24) is 14.7 Å².